The van der Waals surface area contributed by atoms with Gasteiger partial charge >= 0.3 is 5.97 Å². The molecule has 6 nitrogen and oxygen atoms in total. The SMILES string of the molecule is O=C(O)/C=C/c1ccsc1CNC(=O)CCn1ccnc1. The van der Waals surface area contributed by atoms with E-state index in [4.69, 9.17) is 5.11 Å². The largest absolute Gasteiger partial charge is 0.478 e. The Kier molecular flexibility index (Phi) is 5.28. The number of rotatable bonds is 7. The van der Waals surface area contributed by atoms with Gasteiger partial charge < -0.3 is 15.0 Å². The summed E-state index contributed by atoms with van der Waals surface area (Å²) in [5, 5.41) is 13.3. The van der Waals surface area contributed by atoms with Gasteiger partial charge in [-0.1, -0.05) is 0 Å². The molecule has 2 aromatic rings. The van der Waals surface area contributed by atoms with Gasteiger partial charge in [0.15, 0.2) is 0 Å². The summed E-state index contributed by atoms with van der Waals surface area (Å²) in [6.07, 6.45) is 8.15. The third-order valence-corrected chi connectivity index (χ3v) is 3.72. The molecule has 0 bridgehead atoms. The lowest BCUT2D eigenvalue weighted by atomic mass is 10.2. The molecule has 0 spiro atoms. The van der Waals surface area contributed by atoms with Crippen LogP contribution in [0.25, 0.3) is 6.08 Å². The second kappa shape index (κ2) is 7.39. The molecule has 0 aromatic carbocycles. The van der Waals surface area contributed by atoms with Gasteiger partial charge in [0.1, 0.15) is 0 Å². The summed E-state index contributed by atoms with van der Waals surface area (Å²) in [5.74, 6) is -1.04. The van der Waals surface area contributed by atoms with E-state index in [1.807, 2.05) is 16.0 Å². The Labute approximate surface area is 125 Å². The second-order valence-corrected chi connectivity index (χ2v) is 5.30. The van der Waals surface area contributed by atoms with Gasteiger partial charge in [0.25, 0.3) is 0 Å². The number of carbonyl (C=O) groups is 2. The van der Waals surface area contributed by atoms with Crippen LogP contribution >= 0.6 is 11.3 Å². The highest BCUT2D eigenvalue weighted by atomic mass is 32.1. The first-order valence-corrected chi connectivity index (χ1v) is 7.23. The second-order valence-electron chi connectivity index (χ2n) is 4.30. The highest BCUT2D eigenvalue weighted by Gasteiger charge is 2.05. The van der Waals surface area contributed by atoms with Gasteiger partial charge in [-0.05, 0) is 23.1 Å². The van der Waals surface area contributed by atoms with Crippen LogP contribution in [0, 0.1) is 0 Å². The number of thiophene rings is 1. The highest BCUT2D eigenvalue weighted by Crippen LogP contribution is 2.18. The quantitative estimate of drug-likeness (QED) is 0.763. The highest BCUT2D eigenvalue weighted by molar-refractivity contribution is 7.10. The van der Waals surface area contributed by atoms with Crippen LogP contribution in [-0.2, 0) is 22.7 Å². The fourth-order valence-electron chi connectivity index (χ4n) is 1.72. The predicted molar refractivity (Wildman–Crippen MR) is 79.7 cm³/mol. The van der Waals surface area contributed by atoms with Crippen molar-refractivity contribution in [3.05, 3.63) is 46.7 Å². The van der Waals surface area contributed by atoms with Crippen LogP contribution in [0.2, 0.25) is 0 Å². The van der Waals surface area contributed by atoms with E-state index in [1.54, 1.807) is 18.7 Å². The maximum atomic E-state index is 11.8. The maximum Gasteiger partial charge on any atom is 0.328 e. The molecule has 2 N–H and O–H groups in total. The van der Waals surface area contributed by atoms with Crippen molar-refractivity contribution >= 4 is 29.3 Å². The molecular weight excluding hydrogens is 290 g/mol. The van der Waals surface area contributed by atoms with E-state index in [0.717, 1.165) is 16.5 Å². The van der Waals surface area contributed by atoms with Crippen LogP contribution in [0.15, 0.2) is 36.2 Å². The van der Waals surface area contributed by atoms with Crippen molar-refractivity contribution in [2.24, 2.45) is 0 Å². The lowest BCUT2D eigenvalue weighted by Gasteiger charge is -2.05. The molecule has 0 aliphatic heterocycles. The van der Waals surface area contributed by atoms with E-state index in [9.17, 15) is 9.59 Å². The molecule has 0 atom stereocenters. The van der Waals surface area contributed by atoms with Gasteiger partial charge in [0.05, 0.1) is 12.9 Å². The van der Waals surface area contributed by atoms with E-state index < -0.39 is 5.97 Å². The average molecular weight is 305 g/mol. The first-order valence-electron chi connectivity index (χ1n) is 6.35. The normalized spacial score (nSPS) is 10.9. The number of carboxylic acid groups (broad SMARTS) is 1. The zero-order valence-electron chi connectivity index (χ0n) is 11.2. The number of nitrogens with zero attached hydrogens (tertiary/aromatic N) is 2. The fraction of sp³-hybridized carbons (Fsp3) is 0.214. The van der Waals surface area contributed by atoms with Gasteiger partial charge in [0.2, 0.25) is 5.91 Å². The van der Waals surface area contributed by atoms with Crippen LogP contribution in [0.3, 0.4) is 0 Å². The minimum absolute atomic E-state index is 0.0507. The number of nitrogens with one attached hydrogen (secondary N) is 1. The molecule has 110 valence electrons. The van der Waals surface area contributed by atoms with Gasteiger partial charge in [-0.15, -0.1) is 11.3 Å². The number of amides is 1. The standard InChI is InChI=1S/C14H15N3O3S/c18-13(3-6-17-7-5-15-10-17)16-9-12-11(4-8-21-12)1-2-14(19)20/h1-2,4-5,7-8,10H,3,6,9H2,(H,16,18)(H,19,20)/b2-1+. The molecule has 2 rings (SSSR count). The number of aryl methyl sites for hydroxylation is 1. The van der Waals surface area contributed by atoms with E-state index in [-0.39, 0.29) is 5.91 Å². The van der Waals surface area contributed by atoms with Crippen molar-refractivity contribution < 1.29 is 14.7 Å². The molecule has 21 heavy (non-hydrogen) atoms. The summed E-state index contributed by atoms with van der Waals surface area (Å²) in [7, 11) is 0. The number of imidazole rings is 1. The smallest absolute Gasteiger partial charge is 0.328 e. The number of carbonyl (C=O) groups excluding carboxylic acids is 1. The maximum absolute atomic E-state index is 11.8. The predicted octanol–water partition coefficient (Wildman–Crippen LogP) is 1.75. The lowest BCUT2D eigenvalue weighted by Crippen LogP contribution is -2.23. The zero-order valence-corrected chi connectivity index (χ0v) is 12.0. The first-order chi connectivity index (χ1) is 10.1. The molecule has 0 radical (unpaired) electrons. The third-order valence-electron chi connectivity index (χ3n) is 2.79. The molecule has 2 aromatic heterocycles. The summed E-state index contributed by atoms with van der Waals surface area (Å²) in [5.41, 5.74) is 0.817. The van der Waals surface area contributed by atoms with Crippen LogP contribution in [0.1, 0.15) is 16.9 Å². The number of aliphatic carboxylic acids is 1. The van der Waals surface area contributed by atoms with Crippen LogP contribution in [0.5, 0.6) is 0 Å². The molecular formula is C14H15N3O3S. The van der Waals surface area contributed by atoms with E-state index >= 15 is 0 Å². The third kappa shape index (κ3) is 4.88. The van der Waals surface area contributed by atoms with Crippen molar-refractivity contribution in [3.63, 3.8) is 0 Å². The van der Waals surface area contributed by atoms with Crippen molar-refractivity contribution in [3.8, 4) is 0 Å². The van der Waals surface area contributed by atoms with Crippen LogP contribution in [0.4, 0.5) is 0 Å². The van der Waals surface area contributed by atoms with Crippen molar-refractivity contribution in [2.45, 2.75) is 19.5 Å². The number of carboxylic acids is 1. The van der Waals surface area contributed by atoms with Crippen LogP contribution in [-0.4, -0.2) is 26.5 Å². The molecule has 0 unspecified atom stereocenters. The van der Waals surface area contributed by atoms with Gasteiger partial charge in [-0.3, -0.25) is 4.79 Å². The van der Waals surface area contributed by atoms with Crippen molar-refractivity contribution in [1.82, 2.24) is 14.9 Å². The van der Waals surface area contributed by atoms with Gasteiger partial charge in [0, 0.05) is 36.3 Å². The topological polar surface area (TPSA) is 84.2 Å². The molecule has 7 heteroatoms. The van der Waals surface area contributed by atoms with E-state index in [2.05, 4.69) is 10.3 Å². The molecule has 2 heterocycles. The monoisotopic (exact) mass is 305 g/mol. The Morgan fingerprint density at radius 2 is 2.33 bits per heavy atom. The van der Waals surface area contributed by atoms with Gasteiger partial charge in [-0.2, -0.15) is 0 Å². The van der Waals surface area contributed by atoms with E-state index in [0.29, 0.717) is 19.5 Å². The minimum Gasteiger partial charge on any atom is -0.478 e. The molecule has 0 aliphatic carbocycles. The molecule has 0 saturated heterocycles. The molecule has 0 saturated carbocycles. The molecule has 0 aliphatic rings. The fourth-order valence-corrected chi connectivity index (χ4v) is 2.53. The Morgan fingerprint density at radius 1 is 1.48 bits per heavy atom. The Hall–Kier alpha value is -2.41. The average Bonchev–Trinajstić information content (AvgIpc) is 3.11. The Bertz CT molecular complexity index is 632. The van der Waals surface area contributed by atoms with Crippen LogP contribution < -0.4 is 5.32 Å². The lowest BCUT2D eigenvalue weighted by molar-refractivity contribution is -0.131. The number of hydrogen-bond acceptors (Lipinski definition) is 4. The number of aromatic nitrogens is 2. The summed E-state index contributed by atoms with van der Waals surface area (Å²) < 4.78 is 1.84. The van der Waals surface area contributed by atoms with Crippen molar-refractivity contribution in [2.75, 3.05) is 0 Å². The molecule has 0 fully saturated rings. The van der Waals surface area contributed by atoms with Gasteiger partial charge in [-0.25, -0.2) is 9.78 Å². The molecule has 1 amide bonds. The zero-order chi connectivity index (χ0) is 15.1. The van der Waals surface area contributed by atoms with Crippen molar-refractivity contribution in [1.29, 1.82) is 0 Å². The Morgan fingerprint density at radius 3 is 3.05 bits per heavy atom. The summed E-state index contributed by atoms with van der Waals surface area (Å²) >= 11 is 1.48. The minimum atomic E-state index is -0.989. The summed E-state index contributed by atoms with van der Waals surface area (Å²) in [4.78, 5) is 27.1. The summed E-state index contributed by atoms with van der Waals surface area (Å²) in [6, 6.07) is 1.83. The summed E-state index contributed by atoms with van der Waals surface area (Å²) in [6.45, 7) is 0.988. The number of hydrogen-bond donors (Lipinski definition) is 2. The van der Waals surface area contributed by atoms with E-state index in [1.165, 1.54) is 17.4 Å². The first kappa shape index (κ1) is 15.0. The Balaban J connectivity index is 1.81.